The summed E-state index contributed by atoms with van der Waals surface area (Å²) >= 11 is 0. The normalized spacial score (nSPS) is 14.6. The first-order valence-corrected chi connectivity index (χ1v) is 23.2. The van der Waals surface area contributed by atoms with Crippen LogP contribution in [0.3, 0.4) is 0 Å². The summed E-state index contributed by atoms with van der Waals surface area (Å²) in [5.74, 6) is -122. The van der Waals surface area contributed by atoms with Crippen molar-refractivity contribution in [2.24, 2.45) is 0 Å². The van der Waals surface area contributed by atoms with E-state index >= 15 is 0 Å². The van der Waals surface area contributed by atoms with E-state index in [1.165, 1.54) is 0 Å². The summed E-state index contributed by atoms with van der Waals surface area (Å²) in [5, 5.41) is 23.0. The zero-order chi connectivity index (χ0) is 70.0. The molecule has 46 heteroatoms. The highest BCUT2D eigenvalue weighted by Crippen LogP contribution is 2.66. The van der Waals surface area contributed by atoms with E-state index in [2.05, 4.69) is 9.47 Å². The Morgan fingerprint density at radius 2 is 0.551 bits per heavy atom. The highest BCUT2D eigenvalue weighted by molar-refractivity contribution is 5.91. The van der Waals surface area contributed by atoms with Gasteiger partial charge in [0.25, 0.3) is 0 Å². The first kappa shape index (κ1) is 78.5. The maximum atomic E-state index is 14.3. The monoisotopic (exact) mass is 1380 g/mol. The van der Waals surface area contributed by atoms with Crippen molar-refractivity contribution in [3.63, 3.8) is 0 Å². The van der Waals surface area contributed by atoms with Gasteiger partial charge in [0.15, 0.2) is 11.5 Å². The zero-order valence-corrected chi connectivity index (χ0v) is 42.5. The third-order valence-corrected chi connectivity index (χ3v) is 12.0. The van der Waals surface area contributed by atoms with Gasteiger partial charge in [-0.1, -0.05) is 32.1 Å². The molecule has 2 aromatic carbocycles. The maximum Gasteiger partial charge on any atom is 0.460 e. The molecule has 512 valence electrons. The lowest BCUT2D eigenvalue weighted by atomic mass is 9.88. The van der Waals surface area contributed by atoms with Crippen molar-refractivity contribution in [2.75, 3.05) is 26.4 Å². The Labute approximate surface area is 470 Å². The number of halogens is 34. The molecule has 0 aromatic heterocycles. The molecule has 0 unspecified atom stereocenters. The molecule has 0 N–H and O–H groups in total. The van der Waals surface area contributed by atoms with E-state index in [0.29, 0.717) is 43.5 Å². The van der Waals surface area contributed by atoms with Gasteiger partial charge in [-0.2, -0.15) is 149 Å². The van der Waals surface area contributed by atoms with Gasteiger partial charge < -0.3 is 18.9 Å². The number of carbonyl (C=O) groups excluding carboxylic acids is 2. The molecule has 0 saturated heterocycles. The van der Waals surface area contributed by atoms with Crippen LogP contribution in [0, 0.1) is 20.2 Å². The van der Waals surface area contributed by atoms with Crippen molar-refractivity contribution in [2.45, 2.75) is 153 Å². The van der Waals surface area contributed by atoms with E-state index in [4.69, 9.17) is 9.47 Å². The van der Waals surface area contributed by atoms with Crippen molar-refractivity contribution >= 4 is 23.3 Å². The fourth-order valence-electron chi connectivity index (χ4n) is 6.69. The Bertz CT molecular complexity index is 2640. The number of rotatable bonds is 34. The Kier molecular flexibility index (Phi) is 22.9. The molecule has 0 saturated carbocycles. The van der Waals surface area contributed by atoms with Gasteiger partial charge in [-0.15, -0.1) is 0 Å². The van der Waals surface area contributed by atoms with Crippen LogP contribution < -0.4 is 9.47 Å². The van der Waals surface area contributed by atoms with Gasteiger partial charge in [-0.3, -0.25) is 20.2 Å². The third kappa shape index (κ3) is 14.3. The fraction of sp³-hybridized carbons (Fsp3) is 0.674. The lowest BCUT2D eigenvalue weighted by molar-refractivity contribution is -0.461. The van der Waals surface area contributed by atoms with Crippen molar-refractivity contribution in [1.82, 2.24) is 0 Å². The predicted octanol–water partition coefficient (Wildman–Crippen LogP) is 16.8. The summed E-state index contributed by atoms with van der Waals surface area (Å²) in [4.78, 5) is 45.0. The second-order valence-corrected chi connectivity index (χ2v) is 18.1. The van der Waals surface area contributed by atoms with Crippen LogP contribution in [-0.2, 0) is 9.47 Å². The van der Waals surface area contributed by atoms with Crippen LogP contribution in [0.2, 0.25) is 0 Å². The fourth-order valence-corrected chi connectivity index (χ4v) is 6.69. The van der Waals surface area contributed by atoms with Crippen LogP contribution in [-0.4, -0.2) is 143 Å². The molecule has 0 aliphatic rings. The summed E-state index contributed by atoms with van der Waals surface area (Å²) in [6.07, 6.45) is -20.3. The average Bonchev–Trinajstić information content (AvgIpc) is 0.707. The van der Waals surface area contributed by atoms with Crippen molar-refractivity contribution in [3.8, 4) is 11.5 Å². The summed E-state index contributed by atoms with van der Waals surface area (Å²) < 4.78 is 479. The number of nitro benzene ring substituents is 2. The van der Waals surface area contributed by atoms with Crippen LogP contribution in [0.25, 0.3) is 0 Å². The average molecular weight is 1380 g/mol. The number of ether oxygens (including phenoxy) is 4. The van der Waals surface area contributed by atoms with Crippen LogP contribution in [0.15, 0.2) is 36.4 Å². The van der Waals surface area contributed by atoms with Gasteiger partial charge in [-0.05, 0) is 37.1 Å². The molecule has 0 fully saturated rings. The van der Waals surface area contributed by atoms with Crippen LogP contribution in [0.5, 0.6) is 11.5 Å². The van der Waals surface area contributed by atoms with E-state index in [-0.39, 0.29) is 37.8 Å². The van der Waals surface area contributed by atoms with Crippen LogP contribution in [0.1, 0.15) is 78.5 Å². The first-order chi connectivity index (χ1) is 39.6. The first-order valence-electron chi connectivity index (χ1n) is 23.2. The number of benzene rings is 2. The van der Waals surface area contributed by atoms with E-state index < -0.39 is 190 Å². The van der Waals surface area contributed by atoms with Gasteiger partial charge in [-0.25, -0.2) is 9.59 Å². The van der Waals surface area contributed by atoms with Crippen molar-refractivity contribution in [3.05, 3.63) is 67.8 Å². The minimum atomic E-state index is -8.87. The molecule has 0 radical (unpaired) electrons. The molecular weight excluding hydrogens is 1350 g/mol. The molecular formula is C43H32F34N2O10. The number of esters is 2. The molecule has 0 spiro atoms. The lowest BCUT2D eigenvalue weighted by Crippen LogP contribution is -2.74. The smallest absolute Gasteiger partial charge is 0.460 e. The summed E-state index contributed by atoms with van der Waals surface area (Å²) in [6, 6.07) is 2.27. The Balaban J connectivity index is 1.92. The quantitative estimate of drug-likeness (QED) is 0.0217. The lowest BCUT2D eigenvalue weighted by Gasteiger charge is -2.42. The molecule has 0 bridgehead atoms. The summed E-state index contributed by atoms with van der Waals surface area (Å²) in [6.45, 7) is -5.38. The molecule has 0 amide bonds. The number of nitrogens with zero attached hydrogens (tertiary/aromatic N) is 2. The Hall–Kier alpha value is -6.60. The highest BCUT2D eigenvalue weighted by Gasteiger charge is 2.97. The minimum absolute atomic E-state index is 0.0532. The topological polar surface area (TPSA) is 157 Å². The van der Waals surface area contributed by atoms with Gasteiger partial charge >= 0.3 is 119 Å². The number of unbranched alkanes of at least 4 members (excludes halogenated alkanes) is 6. The van der Waals surface area contributed by atoms with E-state index in [0.717, 1.165) is 0 Å². The van der Waals surface area contributed by atoms with Crippen LogP contribution >= 0.6 is 0 Å². The van der Waals surface area contributed by atoms with Crippen molar-refractivity contribution in [1.29, 1.82) is 0 Å². The highest BCUT2D eigenvalue weighted by atomic mass is 19.4. The van der Waals surface area contributed by atoms with Crippen LogP contribution in [0.4, 0.5) is 161 Å². The molecule has 0 atom stereocenters. The van der Waals surface area contributed by atoms with Gasteiger partial charge in [0.2, 0.25) is 0 Å². The SMILES string of the molecule is O=C(OCCCCCCCCCOC(=O)c1ccc(OCCC(F)(F)C(F)(F)C(F)(F)C(F)(F)C(F)(F)C(F)(F)C(F)(F)C(F)(F)F)c([N+](=O)[O-])c1)c1ccc(OCCC(F)(F)C(F)(F)C(F)(F)C(F)(F)C(F)(F)C(F)(F)C(F)(F)C(F)(F)F)c([N+](=O)[O-])c1. The number of carbonyl (C=O) groups is 2. The zero-order valence-electron chi connectivity index (χ0n) is 42.5. The molecule has 12 nitrogen and oxygen atoms in total. The number of nitro groups is 2. The Morgan fingerprint density at radius 1 is 0.326 bits per heavy atom. The molecule has 89 heavy (non-hydrogen) atoms. The largest absolute Gasteiger partial charge is 0.487 e. The second kappa shape index (κ2) is 25.9. The summed E-state index contributed by atoms with van der Waals surface area (Å²) in [5.41, 5.74) is -4.39. The maximum absolute atomic E-state index is 14.3. The summed E-state index contributed by atoms with van der Waals surface area (Å²) in [7, 11) is 0. The minimum Gasteiger partial charge on any atom is -0.487 e. The molecule has 2 aromatic rings. The predicted molar refractivity (Wildman–Crippen MR) is 221 cm³/mol. The van der Waals surface area contributed by atoms with Crippen molar-refractivity contribution < 1.29 is 188 Å². The number of hydrogen-bond donors (Lipinski definition) is 0. The van der Waals surface area contributed by atoms with Gasteiger partial charge in [0.05, 0.1) is 60.2 Å². The van der Waals surface area contributed by atoms with E-state index in [1.807, 2.05) is 0 Å². The van der Waals surface area contributed by atoms with E-state index in [9.17, 15) is 179 Å². The molecule has 0 aliphatic heterocycles. The Morgan fingerprint density at radius 3 is 0.787 bits per heavy atom. The third-order valence-electron chi connectivity index (χ3n) is 12.0. The van der Waals surface area contributed by atoms with Gasteiger partial charge in [0, 0.05) is 12.1 Å². The van der Waals surface area contributed by atoms with E-state index in [1.54, 1.807) is 0 Å². The number of alkyl halides is 34. The molecule has 2 rings (SSSR count). The standard InChI is InChI=1S/C43H32F34N2O10/c44-28(45,30(48,49)32(52,53)34(56,57)36(60,61)38(64,65)40(68,69)42(72,73)74)12-16-86-24-10-8-20(18-22(24)78(82)83)26(80)88-14-6-4-2-1-3-5-7-15-89-27(81)21-9-11-25(23(19-21)79(84)85)87-17-13-29(46,47)31(50,51)33(54,55)35(58,59)37(62,63)39(66,67)41(70,71)43(75,76)77/h8-11,18-19H,1-7,12-17H2. The number of hydrogen-bond acceptors (Lipinski definition) is 10. The van der Waals surface area contributed by atoms with Gasteiger partial charge in [0.1, 0.15) is 0 Å². The second-order valence-electron chi connectivity index (χ2n) is 18.1. The molecule has 0 heterocycles. The molecule has 0 aliphatic carbocycles.